The smallest absolute Gasteiger partial charge is 0.241 e. The van der Waals surface area contributed by atoms with Gasteiger partial charge in [-0.15, -0.1) is 0 Å². The van der Waals surface area contributed by atoms with E-state index in [0.29, 0.717) is 38.0 Å². The zero-order chi connectivity index (χ0) is 20.7. The summed E-state index contributed by atoms with van der Waals surface area (Å²) in [7, 11) is 0. The number of nitrogens with zero attached hydrogens (tertiary/aromatic N) is 4. The molecule has 3 saturated heterocycles. The first-order chi connectivity index (χ1) is 13.9. The van der Waals surface area contributed by atoms with E-state index >= 15 is 0 Å². The molecule has 0 aliphatic carbocycles. The maximum Gasteiger partial charge on any atom is 0.241 e. The van der Waals surface area contributed by atoms with Crippen molar-refractivity contribution in [2.24, 2.45) is 5.73 Å². The van der Waals surface area contributed by atoms with Gasteiger partial charge in [-0.05, 0) is 32.3 Å². The SMILES string of the molecule is CC(c1ccccc1F)N1C(=O)C2CC1CN2CC(N)C(=O)N1CCCC1C#N. The molecule has 1 aromatic rings. The third-order valence-corrected chi connectivity index (χ3v) is 6.52. The predicted octanol–water partition coefficient (Wildman–Crippen LogP) is 1.01. The van der Waals surface area contributed by atoms with E-state index in [0.717, 1.165) is 6.42 Å². The van der Waals surface area contributed by atoms with Crippen molar-refractivity contribution in [3.63, 3.8) is 0 Å². The van der Waals surface area contributed by atoms with Gasteiger partial charge in [0.1, 0.15) is 11.9 Å². The number of halogens is 1. The number of nitrogens with two attached hydrogens (primary N) is 1. The fourth-order valence-corrected chi connectivity index (χ4v) is 5.07. The van der Waals surface area contributed by atoms with E-state index in [1.54, 1.807) is 28.0 Å². The molecule has 1 aromatic carbocycles. The van der Waals surface area contributed by atoms with Gasteiger partial charge in [0.2, 0.25) is 11.8 Å². The highest BCUT2D eigenvalue weighted by Gasteiger charge is 2.51. The second kappa shape index (κ2) is 7.73. The summed E-state index contributed by atoms with van der Waals surface area (Å²) < 4.78 is 14.2. The monoisotopic (exact) mass is 399 g/mol. The highest BCUT2D eigenvalue weighted by atomic mass is 19.1. The third-order valence-electron chi connectivity index (χ3n) is 6.52. The predicted molar refractivity (Wildman–Crippen MR) is 104 cm³/mol. The Balaban J connectivity index is 1.40. The quantitative estimate of drug-likeness (QED) is 0.798. The number of nitriles is 1. The molecule has 8 heteroatoms. The largest absolute Gasteiger partial charge is 0.330 e. The molecule has 3 aliphatic heterocycles. The van der Waals surface area contributed by atoms with E-state index in [9.17, 15) is 19.2 Å². The summed E-state index contributed by atoms with van der Waals surface area (Å²) in [6.07, 6.45) is 2.17. The Labute approximate surface area is 169 Å². The Morgan fingerprint density at radius 1 is 1.41 bits per heavy atom. The summed E-state index contributed by atoms with van der Waals surface area (Å²) >= 11 is 0. The van der Waals surface area contributed by atoms with Crippen molar-refractivity contribution < 1.29 is 14.0 Å². The van der Waals surface area contributed by atoms with Crippen LogP contribution in [-0.2, 0) is 9.59 Å². The van der Waals surface area contributed by atoms with Crippen LogP contribution in [0, 0.1) is 17.1 Å². The fraction of sp³-hybridized carbons (Fsp3) is 0.571. The van der Waals surface area contributed by atoms with Gasteiger partial charge >= 0.3 is 0 Å². The van der Waals surface area contributed by atoms with E-state index in [2.05, 4.69) is 6.07 Å². The molecule has 5 unspecified atom stereocenters. The molecule has 3 aliphatic rings. The van der Waals surface area contributed by atoms with Crippen LogP contribution in [0.15, 0.2) is 24.3 Å². The maximum atomic E-state index is 14.2. The van der Waals surface area contributed by atoms with Crippen molar-refractivity contribution in [2.45, 2.75) is 56.4 Å². The van der Waals surface area contributed by atoms with E-state index in [1.165, 1.54) is 6.07 Å². The van der Waals surface area contributed by atoms with Crippen LogP contribution >= 0.6 is 0 Å². The lowest BCUT2D eigenvalue weighted by molar-refractivity contribution is -0.141. The normalized spacial score (nSPS) is 28.6. The van der Waals surface area contributed by atoms with Crippen LogP contribution in [-0.4, -0.2) is 70.3 Å². The zero-order valence-corrected chi connectivity index (χ0v) is 16.5. The Kier molecular flexibility index (Phi) is 5.28. The number of benzene rings is 1. The number of rotatable bonds is 5. The molecule has 4 rings (SSSR count). The van der Waals surface area contributed by atoms with Gasteiger partial charge in [-0.1, -0.05) is 18.2 Å². The number of hydrogen-bond acceptors (Lipinski definition) is 5. The maximum absolute atomic E-state index is 14.2. The molecule has 0 aromatic heterocycles. The average Bonchev–Trinajstić information content (AvgIpc) is 3.41. The molecular weight excluding hydrogens is 373 g/mol. The molecule has 7 nitrogen and oxygen atoms in total. The second-order valence-corrected chi connectivity index (χ2v) is 8.23. The molecule has 2 bridgehead atoms. The molecule has 3 fully saturated rings. The Bertz CT molecular complexity index is 856. The van der Waals surface area contributed by atoms with Gasteiger partial charge in [-0.2, -0.15) is 5.26 Å². The minimum absolute atomic E-state index is 0.0111. The molecule has 3 heterocycles. The summed E-state index contributed by atoms with van der Waals surface area (Å²) in [5.41, 5.74) is 6.68. The summed E-state index contributed by atoms with van der Waals surface area (Å²) in [5, 5.41) is 9.19. The van der Waals surface area contributed by atoms with E-state index in [4.69, 9.17) is 5.73 Å². The molecule has 0 spiro atoms. The Morgan fingerprint density at radius 2 is 2.17 bits per heavy atom. The van der Waals surface area contributed by atoms with Gasteiger partial charge in [-0.25, -0.2) is 4.39 Å². The highest BCUT2D eigenvalue weighted by molar-refractivity contribution is 5.87. The van der Waals surface area contributed by atoms with Gasteiger partial charge in [0.25, 0.3) is 0 Å². The van der Waals surface area contributed by atoms with Crippen LogP contribution in [0.3, 0.4) is 0 Å². The minimum Gasteiger partial charge on any atom is -0.330 e. The van der Waals surface area contributed by atoms with E-state index in [1.807, 2.05) is 11.8 Å². The molecule has 0 radical (unpaired) electrons. The Morgan fingerprint density at radius 3 is 2.86 bits per heavy atom. The number of amides is 2. The number of carbonyl (C=O) groups is 2. The molecular formula is C21H26FN5O2. The number of carbonyl (C=O) groups excluding carboxylic acids is 2. The van der Waals surface area contributed by atoms with Crippen LogP contribution in [0.5, 0.6) is 0 Å². The van der Waals surface area contributed by atoms with Crippen molar-refractivity contribution in [2.75, 3.05) is 19.6 Å². The topological polar surface area (TPSA) is 93.7 Å². The van der Waals surface area contributed by atoms with Gasteiger partial charge in [0, 0.05) is 31.2 Å². The van der Waals surface area contributed by atoms with Crippen molar-refractivity contribution in [3.05, 3.63) is 35.6 Å². The lowest BCUT2D eigenvalue weighted by atomic mass is 10.0. The first kappa shape index (κ1) is 19.8. The van der Waals surface area contributed by atoms with Crippen molar-refractivity contribution in [1.82, 2.24) is 14.7 Å². The number of likely N-dealkylation sites (tertiary alicyclic amines) is 3. The first-order valence-electron chi connectivity index (χ1n) is 10.2. The van der Waals surface area contributed by atoms with Crippen LogP contribution in [0.25, 0.3) is 0 Å². The van der Waals surface area contributed by atoms with Gasteiger partial charge in [0.15, 0.2) is 0 Å². The molecule has 0 saturated carbocycles. The van der Waals surface area contributed by atoms with Crippen molar-refractivity contribution in [3.8, 4) is 6.07 Å². The minimum atomic E-state index is -0.756. The number of piperazine rings is 1. The molecule has 2 N–H and O–H groups in total. The second-order valence-electron chi connectivity index (χ2n) is 8.23. The lowest BCUT2D eigenvalue weighted by Crippen LogP contribution is -2.56. The first-order valence-corrected chi connectivity index (χ1v) is 10.2. The summed E-state index contributed by atoms with van der Waals surface area (Å²) in [5.74, 6) is -0.564. The fourth-order valence-electron chi connectivity index (χ4n) is 5.07. The van der Waals surface area contributed by atoms with Crippen LogP contribution in [0.4, 0.5) is 4.39 Å². The molecule has 2 amide bonds. The standard InChI is InChI=1S/C21H26FN5O2/c1-13(16-6-2-3-7-17(16)22)27-15-9-19(21(27)29)25(11-15)12-18(24)20(28)26-8-4-5-14(26)10-23/h2-3,6-7,13-15,18-19H,4-5,8-9,11-12,24H2,1H3. The number of fused-ring (bicyclic) bond motifs is 2. The van der Waals surface area contributed by atoms with Crippen LogP contribution in [0.1, 0.15) is 37.8 Å². The van der Waals surface area contributed by atoms with E-state index in [-0.39, 0.29) is 35.8 Å². The molecule has 154 valence electrons. The van der Waals surface area contributed by atoms with Gasteiger partial charge in [-0.3, -0.25) is 14.5 Å². The zero-order valence-electron chi connectivity index (χ0n) is 16.5. The van der Waals surface area contributed by atoms with Crippen molar-refractivity contribution >= 4 is 11.8 Å². The Hall–Kier alpha value is -2.50. The summed E-state index contributed by atoms with van der Waals surface area (Å²) in [6.45, 7) is 3.33. The highest BCUT2D eigenvalue weighted by Crippen LogP contribution is 2.38. The average molecular weight is 399 g/mol. The third kappa shape index (κ3) is 3.38. The van der Waals surface area contributed by atoms with Crippen LogP contribution < -0.4 is 5.73 Å². The lowest BCUT2D eigenvalue weighted by Gasteiger charge is -2.38. The van der Waals surface area contributed by atoms with Gasteiger partial charge in [0.05, 0.1) is 24.2 Å². The number of hydrogen-bond donors (Lipinski definition) is 1. The van der Waals surface area contributed by atoms with Gasteiger partial charge < -0.3 is 15.5 Å². The molecule has 5 atom stereocenters. The van der Waals surface area contributed by atoms with E-state index < -0.39 is 12.1 Å². The summed E-state index contributed by atoms with van der Waals surface area (Å²) in [4.78, 5) is 31.0. The van der Waals surface area contributed by atoms with Crippen molar-refractivity contribution in [1.29, 1.82) is 5.26 Å². The molecule has 29 heavy (non-hydrogen) atoms. The van der Waals surface area contributed by atoms with Crippen LogP contribution in [0.2, 0.25) is 0 Å². The summed E-state index contributed by atoms with van der Waals surface area (Å²) in [6, 6.07) is 6.88.